The quantitative estimate of drug-likeness (QED) is 0.258. The van der Waals surface area contributed by atoms with Crippen LogP contribution in [-0.4, -0.2) is 49.1 Å². The van der Waals surface area contributed by atoms with E-state index in [1.54, 1.807) is 30.3 Å². The van der Waals surface area contributed by atoms with Crippen molar-refractivity contribution in [3.8, 4) is 0 Å². The number of benzene rings is 1. The zero-order valence-electron chi connectivity index (χ0n) is 20.9. The molecule has 1 aliphatic rings. The second kappa shape index (κ2) is 11.9. The van der Waals surface area contributed by atoms with Crippen molar-refractivity contribution in [2.24, 2.45) is 0 Å². The Kier molecular flexibility index (Phi) is 8.99. The summed E-state index contributed by atoms with van der Waals surface area (Å²) in [5.41, 5.74) is 3.21. The number of anilines is 1. The zero-order chi connectivity index (χ0) is 24.7. The molecule has 1 aromatic heterocycles. The summed E-state index contributed by atoms with van der Waals surface area (Å²) in [6.07, 6.45) is 11.9. The molecule has 3 rings (SSSR count). The number of amides is 1. The lowest BCUT2D eigenvalue weighted by atomic mass is 9.99. The lowest BCUT2D eigenvalue weighted by molar-refractivity contribution is -0.116. The minimum absolute atomic E-state index is 0.0881. The van der Waals surface area contributed by atoms with Gasteiger partial charge in [0.1, 0.15) is 5.82 Å². The van der Waals surface area contributed by atoms with E-state index in [2.05, 4.69) is 16.5 Å². The van der Waals surface area contributed by atoms with Gasteiger partial charge in [-0.05, 0) is 69.5 Å². The fourth-order valence-corrected chi connectivity index (χ4v) is 4.29. The predicted molar refractivity (Wildman–Crippen MR) is 138 cm³/mol. The SMILES string of the molecule is C=C/C(=C\C=C(/C)OCCCN1CCCCC1)c1cc2c(C)c(N(C)C(C)=O)cnc2cc1F. The largest absolute Gasteiger partial charge is 0.498 e. The summed E-state index contributed by atoms with van der Waals surface area (Å²) < 4.78 is 20.8. The summed E-state index contributed by atoms with van der Waals surface area (Å²) in [5, 5.41) is 0.796. The number of hydrogen-bond donors (Lipinski definition) is 0. The highest BCUT2D eigenvalue weighted by Crippen LogP contribution is 2.31. The molecule has 0 saturated carbocycles. The van der Waals surface area contributed by atoms with Gasteiger partial charge in [-0.2, -0.15) is 0 Å². The summed E-state index contributed by atoms with van der Waals surface area (Å²) in [4.78, 5) is 20.2. The number of pyridine rings is 1. The number of aryl methyl sites for hydroxylation is 1. The number of likely N-dealkylation sites (tertiary alicyclic amines) is 1. The zero-order valence-corrected chi connectivity index (χ0v) is 20.9. The fraction of sp³-hybridized carbons (Fsp3) is 0.429. The molecule has 1 amide bonds. The molecule has 0 radical (unpaired) electrons. The van der Waals surface area contributed by atoms with E-state index in [-0.39, 0.29) is 11.7 Å². The van der Waals surface area contributed by atoms with Crippen molar-refractivity contribution in [3.63, 3.8) is 0 Å². The lowest BCUT2D eigenvalue weighted by Gasteiger charge is -2.26. The summed E-state index contributed by atoms with van der Waals surface area (Å²) in [6.45, 7) is 13.3. The third kappa shape index (κ3) is 6.32. The fourth-order valence-electron chi connectivity index (χ4n) is 4.29. The summed E-state index contributed by atoms with van der Waals surface area (Å²) >= 11 is 0. The highest BCUT2D eigenvalue weighted by Gasteiger charge is 2.15. The van der Waals surface area contributed by atoms with Crippen molar-refractivity contribution in [2.75, 3.05) is 38.2 Å². The topological polar surface area (TPSA) is 45.7 Å². The number of hydrogen-bond acceptors (Lipinski definition) is 4. The van der Waals surface area contributed by atoms with Crippen LogP contribution >= 0.6 is 0 Å². The normalized spacial score (nSPS) is 15.4. The number of rotatable bonds is 9. The van der Waals surface area contributed by atoms with Crippen molar-refractivity contribution in [1.82, 2.24) is 9.88 Å². The van der Waals surface area contributed by atoms with Crippen LogP contribution in [0.5, 0.6) is 0 Å². The first-order valence-electron chi connectivity index (χ1n) is 12.0. The van der Waals surface area contributed by atoms with Gasteiger partial charge in [0, 0.05) is 37.5 Å². The molecule has 2 heterocycles. The molecule has 1 aliphatic heterocycles. The van der Waals surface area contributed by atoms with E-state index >= 15 is 0 Å². The third-order valence-corrected chi connectivity index (χ3v) is 6.46. The number of piperidine rings is 1. The van der Waals surface area contributed by atoms with Crippen molar-refractivity contribution in [2.45, 2.75) is 46.5 Å². The Morgan fingerprint density at radius 3 is 2.65 bits per heavy atom. The third-order valence-electron chi connectivity index (χ3n) is 6.46. The van der Waals surface area contributed by atoms with Crippen LogP contribution in [0.15, 0.2) is 48.9 Å². The first-order chi connectivity index (χ1) is 16.3. The van der Waals surface area contributed by atoms with Crippen LogP contribution in [0.2, 0.25) is 0 Å². The minimum atomic E-state index is -0.369. The number of fused-ring (bicyclic) bond motifs is 1. The van der Waals surface area contributed by atoms with Crippen LogP contribution in [0, 0.1) is 12.7 Å². The summed E-state index contributed by atoms with van der Waals surface area (Å²) in [7, 11) is 1.71. The molecular weight excluding hydrogens is 429 g/mol. The Balaban J connectivity index is 1.76. The maximum absolute atomic E-state index is 15.0. The number of aromatic nitrogens is 1. The molecule has 0 spiro atoms. The van der Waals surface area contributed by atoms with Gasteiger partial charge in [0.15, 0.2) is 0 Å². The average molecular weight is 466 g/mol. The maximum atomic E-state index is 15.0. The molecule has 5 nitrogen and oxygen atoms in total. The highest BCUT2D eigenvalue weighted by atomic mass is 19.1. The lowest BCUT2D eigenvalue weighted by Crippen LogP contribution is -2.31. The van der Waals surface area contributed by atoms with Crippen molar-refractivity contribution >= 4 is 28.1 Å². The molecule has 6 heteroatoms. The summed E-state index contributed by atoms with van der Waals surface area (Å²) in [6, 6.07) is 3.21. The number of ether oxygens (including phenoxy) is 1. The Morgan fingerprint density at radius 1 is 1.24 bits per heavy atom. The molecule has 1 saturated heterocycles. The van der Waals surface area contributed by atoms with Gasteiger partial charge < -0.3 is 14.5 Å². The van der Waals surface area contributed by atoms with E-state index in [0.29, 0.717) is 28.9 Å². The van der Waals surface area contributed by atoms with Crippen molar-refractivity contribution in [1.29, 1.82) is 0 Å². The molecule has 1 aromatic carbocycles. The second-order valence-electron chi connectivity index (χ2n) is 8.90. The van der Waals surface area contributed by atoms with E-state index in [9.17, 15) is 9.18 Å². The van der Waals surface area contributed by atoms with Crippen LogP contribution in [0.3, 0.4) is 0 Å². The molecule has 0 aliphatic carbocycles. The Labute approximate surface area is 202 Å². The van der Waals surface area contributed by atoms with Gasteiger partial charge in [0.2, 0.25) is 5.91 Å². The maximum Gasteiger partial charge on any atom is 0.223 e. The smallest absolute Gasteiger partial charge is 0.223 e. The van der Waals surface area contributed by atoms with Gasteiger partial charge in [-0.15, -0.1) is 0 Å². The van der Waals surface area contributed by atoms with E-state index in [0.717, 1.165) is 29.7 Å². The van der Waals surface area contributed by atoms with E-state index < -0.39 is 0 Å². The highest BCUT2D eigenvalue weighted by molar-refractivity contribution is 5.97. The second-order valence-corrected chi connectivity index (χ2v) is 8.90. The molecule has 0 unspecified atom stereocenters. The Hall–Kier alpha value is -2.99. The predicted octanol–water partition coefficient (Wildman–Crippen LogP) is 6.03. The van der Waals surface area contributed by atoms with Crippen LogP contribution in [0.4, 0.5) is 10.1 Å². The number of halogens is 1. The molecule has 1 fully saturated rings. The molecule has 0 bridgehead atoms. The Morgan fingerprint density at radius 2 is 1.97 bits per heavy atom. The Bertz CT molecular complexity index is 1100. The first kappa shape index (κ1) is 25.6. The van der Waals surface area contributed by atoms with Gasteiger partial charge in [-0.25, -0.2) is 4.39 Å². The van der Waals surface area contributed by atoms with Gasteiger partial charge >= 0.3 is 0 Å². The van der Waals surface area contributed by atoms with E-state index in [1.165, 1.54) is 45.3 Å². The molecular formula is C28H36FN3O2. The molecule has 0 N–H and O–H groups in total. The van der Waals surface area contributed by atoms with Gasteiger partial charge in [0.05, 0.1) is 29.8 Å². The summed E-state index contributed by atoms with van der Waals surface area (Å²) in [5.74, 6) is 0.323. The van der Waals surface area contributed by atoms with Crippen LogP contribution in [-0.2, 0) is 9.53 Å². The molecule has 182 valence electrons. The minimum Gasteiger partial charge on any atom is -0.498 e. The number of nitrogens with zero attached hydrogens (tertiary/aromatic N) is 3. The van der Waals surface area contributed by atoms with Gasteiger partial charge in [-0.1, -0.05) is 25.2 Å². The van der Waals surface area contributed by atoms with E-state index in [4.69, 9.17) is 4.74 Å². The number of allylic oxidation sites excluding steroid dienone is 5. The molecule has 2 aromatic rings. The average Bonchev–Trinajstić information content (AvgIpc) is 2.83. The number of carbonyl (C=O) groups is 1. The van der Waals surface area contributed by atoms with Crippen LogP contribution in [0.1, 0.15) is 50.7 Å². The van der Waals surface area contributed by atoms with Gasteiger partial charge in [-0.3, -0.25) is 9.78 Å². The van der Waals surface area contributed by atoms with Gasteiger partial charge in [0.25, 0.3) is 0 Å². The molecule has 34 heavy (non-hydrogen) atoms. The monoisotopic (exact) mass is 465 g/mol. The molecule has 0 atom stereocenters. The first-order valence-corrected chi connectivity index (χ1v) is 12.0. The van der Waals surface area contributed by atoms with E-state index in [1.807, 2.05) is 26.0 Å². The van der Waals surface area contributed by atoms with Crippen molar-refractivity contribution in [3.05, 3.63) is 65.8 Å². The standard InChI is InChI=1S/C28H36FN3O2/c1-6-23(12-11-20(2)34-16-10-15-32-13-8-7-9-14-32)25-17-24-21(3)28(31(5)22(4)33)19-30-27(24)18-26(25)29/h6,11-12,17-19H,1,7-10,13-16H2,2-5H3/b20-11+,23-12+. The van der Waals surface area contributed by atoms with Crippen LogP contribution in [0.25, 0.3) is 16.5 Å². The van der Waals surface area contributed by atoms with Crippen LogP contribution < -0.4 is 4.90 Å². The van der Waals surface area contributed by atoms with Crippen molar-refractivity contribution < 1.29 is 13.9 Å². The number of carbonyl (C=O) groups excluding carboxylic acids is 1.